The molecule has 1 unspecified atom stereocenters. The predicted octanol–water partition coefficient (Wildman–Crippen LogP) is 3.83. The Kier molecular flexibility index (Phi) is 4.50. The number of carbonyl (C=O) groups excluding carboxylic acids is 1. The van der Waals surface area contributed by atoms with E-state index in [1.165, 1.54) is 5.56 Å². The van der Waals surface area contributed by atoms with Gasteiger partial charge in [-0.15, -0.1) is 0 Å². The Morgan fingerprint density at radius 2 is 1.91 bits per heavy atom. The summed E-state index contributed by atoms with van der Waals surface area (Å²) in [7, 11) is 0. The van der Waals surface area contributed by atoms with E-state index in [-0.39, 0.29) is 11.4 Å². The summed E-state index contributed by atoms with van der Waals surface area (Å²) < 4.78 is 5.25. The molecule has 1 aromatic carbocycles. The second kappa shape index (κ2) is 6.03. The van der Waals surface area contributed by atoms with Crippen LogP contribution < -0.4 is 0 Å². The maximum atomic E-state index is 12.4. The molecule has 0 radical (unpaired) electrons. The van der Waals surface area contributed by atoms with Crippen LogP contribution in [0.15, 0.2) is 28.4 Å². The van der Waals surface area contributed by atoms with Gasteiger partial charge in [0.15, 0.2) is 0 Å². The topological polar surface area (TPSA) is 51.0 Å². The van der Waals surface area contributed by atoms with Gasteiger partial charge < -0.3 is 4.74 Å². The van der Waals surface area contributed by atoms with Gasteiger partial charge in [-0.3, -0.25) is 4.79 Å². The summed E-state index contributed by atoms with van der Waals surface area (Å²) in [5, 5.41) is 8.43. The Labute approximate surface area is 132 Å². The Morgan fingerprint density at radius 1 is 1.23 bits per heavy atom. The number of rotatable bonds is 2. The fraction of sp³-hybridized carbons (Fsp3) is 0.500. The third kappa shape index (κ3) is 3.11. The lowest BCUT2D eigenvalue weighted by Gasteiger charge is -2.23. The molecule has 0 bridgehead atoms. The average Bonchev–Trinajstić information content (AvgIpc) is 2.55. The first kappa shape index (κ1) is 16.4. The lowest BCUT2D eigenvalue weighted by Crippen LogP contribution is -2.24. The molecule has 1 atom stereocenters. The molecule has 1 heterocycles. The summed E-state index contributed by atoms with van der Waals surface area (Å²) in [6.07, 6.45) is 0. The van der Waals surface area contributed by atoms with Gasteiger partial charge in [0.25, 0.3) is 0 Å². The fourth-order valence-electron chi connectivity index (χ4n) is 2.61. The molecule has 4 heteroatoms. The van der Waals surface area contributed by atoms with Gasteiger partial charge in [-0.1, -0.05) is 39.0 Å². The van der Waals surface area contributed by atoms with Crippen LogP contribution in [0.4, 0.5) is 0 Å². The first-order valence-corrected chi connectivity index (χ1v) is 7.66. The number of hydrogen-bond donors (Lipinski definition) is 0. The van der Waals surface area contributed by atoms with Crippen molar-refractivity contribution in [2.75, 3.05) is 6.61 Å². The minimum Gasteiger partial charge on any atom is -0.465 e. The van der Waals surface area contributed by atoms with E-state index in [4.69, 9.17) is 4.74 Å². The first-order chi connectivity index (χ1) is 10.3. The van der Waals surface area contributed by atoms with Crippen LogP contribution in [-0.4, -0.2) is 24.0 Å². The zero-order chi connectivity index (χ0) is 16.5. The van der Waals surface area contributed by atoms with Crippen LogP contribution in [0.3, 0.4) is 0 Å². The summed E-state index contributed by atoms with van der Waals surface area (Å²) in [6.45, 7) is 12.4. The molecule has 1 aliphatic rings. The van der Waals surface area contributed by atoms with Crippen molar-refractivity contribution >= 4 is 17.4 Å². The van der Waals surface area contributed by atoms with Gasteiger partial charge in [-0.25, -0.2) is 0 Å². The summed E-state index contributed by atoms with van der Waals surface area (Å²) >= 11 is 0. The molecule has 0 N–H and O–H groups in total. The molecule has 118 valence electrons. The van der Waals surface area contributed by atoms with Crippen LogP contribution in [0.2, 0.25) is 0 Å². The van der Waals surface area contributed by atoms with Gasteiger partial charge in [0.2, 0.25) is 0 Å². The van der Waals surface area contributed by atoms with Crippen LogP contribution in [0.1, 0.15) is 64.2 Å². The second-order valence-electron chi connectivity index (χ2n) is 6.66. The minimum absolute atomic E-state index is 0.0106. The molecule has 0 spiro atoms. The zero-order valence-electron chi connectivity index (χ0n) is 14.2. The van der Waals surface area contributed by atoms with Crippen LogP contribution in [-0.2, 0) is 14.9 Å². The highest BCUT2D eigenvalue weighted by molar-refractivity contribution is 6.11. The van der Waals surface area contributed by atoms with Crippen molar-refractivity contribution in [2.45, 2.75) is 52.9 Å². The molecule has 1 aliphatic heterocycles. The minimum atomic E-state index is -0.488. The molecule has 0 aromatic heterocycles. The third-order valence-electron chi connectivity index (χ3n) is 3.92. The average molecular weight is 300 g/mol. The monoisotopic (exact) mass is 300 g/mol. The maximum absolute atomic E-state index is 12.4. The number of benzene rings is 1. The number of nitrogens with zero attached hydrogens (tertiary/aromatic N) is 2. The molecule has 0 aliphatic carbocycles. The highest BCUT2D eigenvalue weighted by Gasteiger charge is 2.31. The lowest BCUT2D eigenvalue weighted by molar-refractivity contribution is -0.143. The van der Waals surface area contributed by atoms with Crippen LogP contribution in [0, 0.1) is 0 Å². The van der Waals surface area contributed by atoms with Crippen LogP contribution in [0.5, 0.6) is 0 Å². The summed E-state index contributed by atoms with van der Waals surface area (Å²) in [5.74, 6) is -0.751. The van der Waals surface area contributed by atoms with Gasteiger partial charge >= 0.3 is 5.97 Å². The largest absolute Gasteiger partial charge is 0.465 e. The molecule has 2 rings (SSSR count). The van der Waals surface area contributed by atoms with E-state index in [0.717, 1.165) is 16.8 Å². The van der Waals surface area contributed by atoms with Gasteiger partial charge in [-0.05, 0) is 37.3 Å². The number of esters is 1. The Balaban J connectivity index is 2.64. The van der Waals surface area contributed by atoms with E-state index >= 15 is 0 Å². The zero-order valence-corrected chi connectivity index (χ0v) is 14.2. The second-order valence-corrected chi connectivity index (χ2v) is 6.66. The normalized spacial score (nSPS) is 18.0. The van der Waals surface area contributed by atoms with Gasteiger partial charge in [0.1, 0.15) is 5.92 Å². The summed E-state index contributed by atoms with van der Waals surface area (Å²) in [6, 6.07) is 6.23. The summed E-state index contributed by atoms with van der Waals surface area (Å²) in [5.41, 5.74) is 4.58. The highest BCUT2D eigenvalue weighted by Crippen LogP contribution is 2.31. The van der Waals surface area contributed by atoms with Crippen molar-refractivity contribution in [3.8, 4) is 0 Å². The molecule has 4 nitrogen and oxygen atoms in total. The van der Waals surface area contributed by atoms with Crippen molar-refractivity contribution in [3.63, 3.8) is 0 Å². The quantitative estimate of drug-likeness (QED) is 0.779. The lowest BCUT2D eigenvalue weighted by atomic mass is 9.81. The molecular weight excluding hydrogens is 276 g/mol. The Morgan fingerprint density at radius 3 is 2.50 bits per heavy atom. The maximum Gasteiger partial charge on any atom is 0.319 e. The van der Waals surface area contributed by atoms with Crippen molar-refractivity contribution in [3.05, 3.63) is 34.9 Å². The van der Waals surface area contributed by atoms with Gasteiger partial charge in [-0.2, -0.15) is 10.2 Å². The van der Waals surface area contributed by atoms with Crippen molar-refractivity contribution < 1.29 is 9.53 Å². The summed E-state index contributed by atoms with van der Waals surface area (Å²) in [4.78, 5) is 12.4. The predicted molar refractivity (Wildman–Crippen MR) is 89.8 cm³/mol. The number of hydrogen-bond acceptors (Lipinski definition) is 4. The van der Waals surface area contributed by atoms with Gasteiger partial charge in [0.05, 0.1) is 18.0 Å². The molecule has 1 aromatic rings. The van der Waals surface area contributed by atoms with Gasteiger partial charge in [0, 0.05) is 5.56 Å². The fourth-order valence-corrected chi connectivity index (χ4v) is 2.61. The Bertz CT molecular complexity index is 652. The SMILES string of the molecule is CCOC(=O)C1C(C)=NN=C(C)c2ccc(C(C)(C)C)cc21. The molecular formula is C18H24N2O2. The molecule has 0 saturated carbocycles. The van der Waals surface area contributed by atoms with E-state index in [1.807, 2.05) is 26.8 Å². The third-order valence-corrected chi connectivity index (χ3v) is 3.92. The molecule has 22 heavy (non-hydrogen) atoms. The smallest absolute Gasteiger partial charge is 0.319 e. The molecule has 0 fully saturated rings. The Hall–Kier alpha value is -1.97. The van der Waals surface area contributed by atoms with E-state index in [1.54, 1.807) is 0 Å². The van der Waals surface area contributed by atoms with E-state index in [0.29, 0.717) is 12.3 Å². The highest BCUT2D eigenvalue weighted by atomic mass is 16.5. The molecule has 0 saturated heterocycles. The van der Waals surface area contributed by atoms with E-state index in [2.05, 4.69) is 43.1 Å². The van der Waals surface area contributed by atoms with Crippen LogP contribution >= 0.6 is 0 Å². The van der Waals surface area contributed by atoms with Crippen molar-refractivity contribution in [1.82, 2.24) is 0 Å². The number of ether oxygens (including phenoxy) is 1. The van der Waals surface area contributed by atoms with Crippen molar-refractivity contribution in [2.24, 2.45) is 10.2 Å². The van der Waals surface area contributed by atoms with E-state index < -0.39 is 5.92 Å². The molecule has 0 amide bonds. The number of carbonyl (C=O) groups is 1. The standard InChI is InChI=1S/C18H24N2O2/c1-7-22-17(21)16-12(3)20-19-11(2)14-9-8-13(10-15(14)16)18(4,5)6/h8-10,16H,7H2,1-6H3. The first-order valence-electron chi connectivity index (χ1n) is 7.66. The van der Waals surface area contributed by atoms with Crippen molar-refractivity contribution in [1.29, 1.82) is 0 Å². The number of fused-ring (bicyclic) bond motifs is 1. The van der Waals surface area contributed by atoms with E-state index in [9.17, 15) is 4.79 Å². The van der Waals surface area contributed by atoms with Crippen LogP contribution in [0.25, 0.3) is 0 Å².